The zero-order valence-electron chi connectivity index (χ0n) is 8.65. The molecule has 0 unspecified atom stereocenters. The summed E-state index contributed by atoms with van der Waals surface area (Å²) in [5.41, 5.74) is 1.59. The SMILES string of the molecule is Fc1ccc2c(c1)Sc1ccccc1C(Cl)=N2. The Hall–Kier alpha value is -1.32. The molecule has 17 heavy (non-hydrogen) atoms. The Bertz CT molecular complexity index is 625. The van der Waals surface area contributed by atoms with Gasteiger partial charge < -0.3 is 0 Å². The maximum atomic E-state index is 13.2. The van der Waals surface area contributed by atoms with Crippen LogP contribution in [-0.2, 0) is 0 Å². The number of fused-ring (bicyclic) bond motifs is 2. The van der Waals surface area contributed by atoms with E-state index in [4.69, 9.17) is 11.6 Å². The van der Waals surface area contributed by atoms with E-state index in [1.54, 1.807) is 6.07 Å². The highest BCUT2D eigenvalue weighted by Gasteiger charge is 2.15. The molecule has 0 aromatic heterocycles. The van der Waals surface area contributed by atoms with Gasteiger partial charge in [-0.05, 0) is 24.3 Å². The summed E-state index contributed by atoms with van der Waals surface area (Å²) < 4.78 is 13.2. The van der Waals surface area contributed by atoms with Gasteiger partial charge in [0.15, 0.2) is 0 Å². The number of halogens is 2. The number of nitrogens with zero attached hydrogens (tertiary/aromatic N) is 1. The van der Waals surface area contributed by atoms with Gasteiger partial charge in [-0.3, -0.25) is 0 Å². The molecular formula is C13H7ClFNS. The van der Waals surface area contributed by atoms with Crippen LogP contribution in [0.15, 0.2) is 57.2 Å². The molecule has 1 aliphatic rings. The van der Waals surface area contributed by atoms with Crippen molar-refractivity contribution < 1.29 is 4.39 Å². The quantitative estimate of drug-likeness (QED) is 0.676. The van der Waals surface area contributed by atoms with Crippen LogP contribution in [0.2, 0.25) is 0 Å². The van der Waals surface area contributed by atoms with E-state index in [-0.39, 0.29) is 5.82 Å². The van der Waals surface area contributed by atoms with Crippen molar-refractivity contribution in [3.8, 4) is 0 Å². The van der Waals surface area contributed by atoms with Crippen molar-refractivity contribution in [3.63, 3.8) is 0 Å². The average molecular weight is 264 g/mol. The van der Waals surface area contributed by atoms with Crippen LogP contribution in [0.5, 0.6) is 0 Å². The second-order valence-corrected chi connectivity index (χ2v) is 5.05. The van der Waals surface area contributed by atoms with Gasteiger partial charge in [0.05, 0.1) is 5.69 Å². The Balaban J connectivity index is 2.24. The molecular weight excluding hydrogens is 257 g/mol. The summed E-state index contributed by atoms with van der Waals surface area (Å²) in [5.74, 6) is -0.262. The zero-order valence-corrected chi connectivity index (χ0v) is 10.2. The fraction of sp³-hybridized carbons (Fsp3) is 0. The molecule has 1 aliphatic heterocycles. The van der Waals surface area contributed by atoms with Crippen LogP contribution in [0.4, 0.5) is 10.1 Å². The van der Waals surface area contributed by atoms with E-state index >= 15 is 0 Å². The van der Waals surface area contributed by atoms with Crippen molar-refractivity contribution >= 4 is 34.2 Å². The van der Waals surface area contributed by atoms with E-state index in [1.807, 2.05) is 24.3 Å². The molecule has 1 heterocycles. The van der Waals surface area contributed by atoms with Crippen molar-refractivity contribution in [3.05, 3.63) is 53.8 Å². The zero-order chi connectivity index (χ0) is 11.8. The Kier molecular flexibility index (Phi) is 2.65. The Labute approximate surface area is 107 Å². The summed E-state index contributed by atoms with van der Waals surface area (Å²) >= 11 is 7.64. The molecule has 1 nitrogen and oxygen atoms in total. The first kappa shape index (κ1) is 10.8. The van der Waals surface area contributed by atoms with Crippen LogP contribution in [0, 0.1) is 5.82 Å². The van der Waals surface area contributed by atoms with Crippen molar-refractivity contribution in [1.82, 2.24) is 0 Å². The van der Waals surface area contributed by atoms with Gasteiger partial charge >= 0.3 is 0 Å². The topological polar surface area (TPSA) is 12.4 Å². The summed E-state index contributed by atoms with van der Waals surface area (Å²) in [4.78, 5) is 6.09. The lowest BCUT2D eigenvalue weighted by atomic mass is 10.2. The maximum Gasteiger partial charge on any atom is 0.138 e. The highest BCUT2D eigenvalue weighted by molar-refractivity contribution is 7.99. The van der Waals surface area contributed by atoms with Gasteiger partial charge in [-0.1, -0.05) is 41.6 Å². The number of rotatable bonds is 0. The Morgan fingerprint density at radius 2 is 1.88 bits per heavy atom. The predicted molar refractivity (Wildman–Crippen MR) is 69.0 cm³/mol. The van der Waals surface area contributed by atoms with Gasteiger partial charge in [-0.25, -0.2) is 9.38 Å². The molecule has 0 N–H and O–H groups in total. The van der Waals surface area contributed by atoms with Gasteiger partial charge in [0, 0.05) is 15.4 Å². The predicted octanol–water partition coefficient (Wildman–Crippen LogP) is 4.61. The molecule has 4 heteroatoms. The third kappa shape index (κ3) is 1.96. The summed E-state index contributed by atoms with van der Waals surface area (Å²) in [5, 5.41) is 0.443. The molecule has 0 atom stereocenters. The van der Waals surface area contributed by atoms with Gasteiger partial charge in [0.25, 0.3) is 0 Å². The minimum Gasteiger partial charge on any atom is -0.235 e. The first-order valence-electron chi connectivity index (χ1n) is 5.05. The van der Waals surface area contributed by atoms with Crippen LogP contribution < -0.4 is 0 Å². The molecule has 0 bridgehead atoms. The molecule has 2 aromatic rings. The standard InChI is InChI=1S/C13H7ClFNS/c14-13-9-3-1-2-4-11(9)17-12-7-8(15)5-6-10(12)16-13/h1-7H. The van der Waals surface area contributed by atoms with Crippen LogP contribution in [0.25, 0.3) is 0 Å². The molecule has 0 fully saturated rings. The van der Waals surface area contributed by atoms with Crippen LogP contribution in [-0.4, -0.2) is 5.17 Å². The highest BCUT2D eigenvalue weighted by Crippen LogP contribution is 2.40. The van der Waals surface area contributed by atoms with E-state index < -0.39 is 0 Å². The summed E-state index contributed by atoms with van der Waals surface area (Å²) in [6, 6.07) is 12.2. The molecule has 0 saturated carbocycles. The highest BCUT2D eigenvalue weighted by atomic mass is 35.5. The monoisotopic (exact) mass is 263 g/mol. The van der Waals surface area contributed by atoms with Crippen molar-refractivity contribution in [2.24, 2.45) is 4.99 Å². The third-order valence-corrected chi connectivity index (χ3v) is 3.88. The fourth-order valence-corrected chi connectivity index (χ4v) is 3.03. The summed E-state index contributed by atoms with van der Waals surface area (Å²) in [6.45, 7) is 0. The Morgan fingerprint density at radius 3 is 2.76 bits per heavy atom. The molecule has 3 rings (SSSR count). The lowest BCUT2D eigenvalue weighted by molar-refractivity contribution is 0.624. The van der Waals surface area contributed by atoms with E-state index in [1.165, 1.54) is 23.9 Å². The first-order chi connectivity index (χ1) is 8.24. The number of benzene rings is 2. The van der Waals surface area contributed by atoms with Crippen molar-refractivity contribution in [1.29, 1.82) is 0 Å². The molecule has 0 amide bonds. The molecule has 0 saturated heterocycles. The number of hydrogen-bond acceptors (Lipinski definition) is 2. The van der Waals surface area contributed by atoms with Gasteiger partial charge in [-0.15, -0.1) is 0 Å². The number of aliphatic imine (C=N–C) groups is 1. The second-order valence-electron chi connectivity index (χ2n) is 3.61. The summed E-state index contributed by atoms with van der Waals surface area (Å²) in [7, 11) is 0. The van der Waals surface area contributed by atoms with Gasteiger partial charge in [-0.2, -0.15) is 0 Å². The fourth-order valence-electron chi connectivity index (χ4n) is 1.67. The minimum atomic E-state index is -0.262. The van der Waals surface area contributed by atoms with Crippen LogP contribution >= 0.6 is 23.4 Å². The molecule has 0 spiro atoms. The minimum absolute atomic E-state index is 0.262. The largest absolute Gasteiger partial charge is 0.235 e. The second kappa shape index (κ2) is 4.17. The molecule has 0 aliphatic carbocycles. The lowest BCUT2D eigenvalue weighted by Gasteiger charge is -2.04. The average Bonchev–Trinajstić information content (AvgIpc) is 2.46. The van der Waals surface area contributed by atoms with E-state index in [0.717, 1.165) is 15.4 Å². The smallest absolute Gasteiger partial charge is 0.138 e. The first-order valence-corrected chi connectivity index (χ1v) is 6.24. The van der Waals surface area contributed by atoms with Crippen LogP contribution in [0.3, 0.4) is 0 Å². The maximum absolute atomic E-state index is 13.2. The van der Waals surface area contributed by atoms with Crippen molar-refractivity contribution in [2.75, 3.05) is 0 Å². The normalized spacial score (nSPS) is 13.4. The lowest BCUT2D eigenvalue weighted by Crippen LogP contribution is -1.90. The van der Waals surface area contributed by atoms with Gasteiger partial charge in [0.2, 0.25) is 0 Å². The van der Waals surface area contributed by atoms with E-state index in [9.17, 15) is 4.39 Å². The van der Waals surface area contributed by atoms with Crippen LogP contribution in [0.1, 0.15) is 5.56 Å². The number of hydrogen-bond donors (Lipinski definition) is 0. The third-order valence-electron chi connectivity index (χ3n) is 2.47. The van der Waals surface area contributed by atoms with Crippen molar-refractivity contribution in [2.45, 2.75) is 9.79 Å². The summed E-state index contributed by atoms with van der Waals surface area (Å²) in [6.07, 6.45) is 0. The van der Waals surface area contributed by atoms with E-state index in [2.05, 4.69) is 4.99 Å². The molecule has 2 aromatic carbocycles. The van der Waals surface area contributed by atoms with E-state index in [0.29, 0.717) is 10.9 Å². The molecule has 0 radical (unpaired) electrons. The van der Waals surface area contributed by atoms with Gasteiger partial charge in [0.1, 0.15) is 11.0 Å². The Morgan fingerprint density at radius 1 is 1.06 bits per heavy atom. The molecule has 84 valence electrons.